The van der Waals surface area contributed by atoms with Crippen LogP contribution in [0.1, 0.15) is 18.3 Å². The third-order valence-corrected chi connectivity index (χ3v) is 7.43. The van der Waals surface area contributed by atoms with Crippen molar-refractivity contribution in [3.63, 3.8) is 0 Å². The number of hydrogen-bond donors (Lipinski definition) is 0. The van der Waals surface area contributed by atoms with Crippen LogP contribution in [0.4, 0.5) is 5.82 Å². The molecule has 1 aliphatic heterocycles. The average molecular weight is 416 g/mol. The van der Waals surface area contributed by atoms with E-state index in [2.05, 4.69) is 20.2 Å². The highest BCUT2D eigenvalue weighted by atomic mass is 32.2. The van der Waals surface area contributed by atoms with Gasteiger partial charge in [0, 0.05) is 45.1 Å². The summed E-state index contributed by atoms with van der Waals surface area (Å²) in [4.78, 5) is 2.40. The van der Waals surface area contributed by atoms with Crippen molar-refractivity contribution in [1.29, 1.82) is 0 Å². The molecule has 0 amide bonds. The number of aromatic nitrogens is 5. The highest BCUT2D eigenvalue weighted by molar-refractivity contribution is 7.89. The summed E-state index contributed by atoms with van der Waals surface area (Å²) in [6.07, 6.45) is 3.83. The number of hydrogen-bond acceptors (Lipinski definition) is 6. The number of nitrogens with zero attached hydrogens (tertiary/aromatic N) is 7. The van der Waals surface area contributed by atoms with Gasteiger partial charge in [-0.2, -0.15) is 9.40 Å². The number of aryl methyl sites for hydroxylation is 2. The lowest BCUT2D eigenvalue weighted by Crippen LogP contribution is -2.49. The maximum absolute atomic E-state index is 13.2. The minimum Gasteiger partial charge on any atom is -0.352 e. The van der Waals surface area contributed by atoms with Crippen LogP contribution in [-0.2, 0) is 16.6 Å². The molecule has 1 fully saturated rings. The van der Waals surface area contributed by atoms with Crippen LogP contribution in [0.5, 0.6) is 0 Å². The molecule has 3 aromatic heterocycles. The van der Waals surface area contributed by atoms with Gasteiger partial charge in [-0.25, -0.2) is 8.42 Å². The molecule has 1 aliphatic rings. The SMILES string of the molecule is CCn1nc(C)c(S(=O)(=O)N2CCN(c3ccc(-n4cccc4)nn3)CC2)c1C. The Hall–Kier alpha value is -2.72. The normalized spacial score (nSPS) is 15.8. The van der Waals surface area contributed by atoms with Gasteiger partial charge >= 0.3 is 0 Å². The third kappa shape index (κ3) is 3.53. The molecule has 10 heteroatoms. The zero-order chi connectivity index (χ0) is 20.6. The molecular weight excluding hydrogens is 390 g/mol. The van der Waals surface area contributed by atoms with Crippen LogP contribution in [0.3, 0.4) is 0 Å². The van der Waals surface area contributed by atoms with Gasteiger partial charge in [-0.3, -0.25) is 4.68 Å². The second kappa shape index (κ2) is 7.60. The number of piperazine rings is 1. The molecule has 0 unspecified atom stereocenters. The molecule has 154 valence electrons. The Labute approximate surface area is 170 Å². The van der Waals surface area contributed by atoms with Crippen molar-refractivity contribution in [2.45, 2.75) is 32.2 Å². The summed E-state index contributed by atoms with van der Waals surface area (Å²) in [5.41, 5.74) is 1.25. The quantitative estimate of drug-likeness (QED) is 0.629. The molecule has 0 spiro atoms. The molecular formula is C19H25N7O2S. The van der Waals surface area contributed by atoms with Gasteiger partial charge in [0.25, 0.3) is 0 Å². The molecule has 0 atom stereocenters. The number of anilines is 1. The molecule has 0 radical (unpaired) electrons. The van der Waals surface area contributed by atoms with Gasteiger partial charge in [-0.1, -0.05) is 0 Å². The fourth-order valence-corrected chi connectivity index (χ4v) is 5.56. The highest BCUT2D eigenvalue weighted by Crippen LogP contribution is 2.25. The summed E-state index contributed by atoms with van der Waals surface area (Å²) in [7, 11) is -3.57. The maximum atomic E-state index is 13.2. The van der Waals surface area contributed by atoms with Crippen molar-refractivity contribution in [2.75, 3.05) is 31.1 Å². The van der Waals surface area contributed by atoms with Gasteiger partial charge < -0.3 is 9.47 Å². The van der Waals surface area contributed by atoms with Gasteiger partial charge in [0.2, 0.25) is 10.0 Å². The van der Waals surface area contributed by atoms with Gasteiger partial charge in [-0.05, 0) is 45.0 Å². The van der Waals surface area contributed by atoms with Crippen LogP contribution >= 0.6 is 0 Å². The fourth-order valence-electron chi connectivity index (χ4n) is 3.76. The van der Waals surface area contributed by atoms with Crippen molar-refractivity contribution >= 4 is 15.8 Å². The molecule has 29 heavy (non-hydrogen) atoms. The van der Waals surface area contributed by atoms with Crippen LogP contribution in [0, 0.1) is 13.8 Å². The van der Waals surface area contributed by atoms with Crippen LogP contribution in [-0.4, -0.2) is 63.4 Å². The fraction of sp³-hybridized carbons (Fsp3) is 0.421. The van der Waals surface area contributed by atoms with E-state index >= 15 is 0 Å². The summed E-state index contributed by atoms with van der Waals surface area (Å²) < 4.78 is 31.6. The number of rotatable bonds is 5. The van der Waals surface area contributed by atoms with Crippen LogP contribution < -0.4 is 4.90 Å². The standard InChI is InChI=1S/C19H25N7O2S/c1-4-26-16(3)19(15(2)22-26)29(27,28)25-13-11-24(12-14-25)18-8-7-17(20-21-18)23-9-5-6-10-23/h5-10H,4,11-14H2,1-3H3. The minimum atomic E-state index is -3.57. The molecule has 4 heterocycles. The first-order valence-electron chi connectivity index (χ1n) is 9.68. The first-order chi connectivity index (χ1) is 13.9. The lowest BCUT2D eigenvalue weighted by Gasteiger charge is -2.34. The summed E-state index contributed by atoms with van der Waals surface area (Å²) >= 11 is 0. The van der Waals surface area contributed by atoms with E-state index < -0.39 is 10.0 Å². The Morgan fingerprint density at radius 2 is 1.59 bits per heavy atom. The topological polar surface area (TPSA) is 89.2 Å². The number of sulfonamides is 1. The summed E-state index contributed by atoms with van der Waals surface area (Å²) in [6.45, 7) is 8.11. The van der Waals surface area contributed by atoms with Gasteiger partial charge in [0.05, 0.1) is 11.4 Å². The average Bonchev–Trinajstić information content (AvgIpc) is 3.36. The molecule has 9 nitrogen and oxygen atoms in total. The lowest BCUT2D eigenvalue weighted by molar-refractivity contribution is 0.383. The highest BCUT2D eigenvalue weighted by Gasteiger charge is 2.33. The molecule has 0 saturated carbocycles. The molecule has 0 N–H and O–H groups in total. The summed E-state index contributed by atoms with van der Waals surface area (Å²) in [5.74, 6) is 1.50. The smallest absolute Gasteiger partial charge is 0.246 e. The summed E-state index contributed by atoms with van der Waals surface area (Å²) in [6, 6.07) is 7.70. The monoisotopic (exact) mass is 415 g/mol. The second-order valence-corrected chi connectivity index (χ2v) is 8.92. The molecule has 3 aromatic rings. The Morgan fingerprint density at radius 3 is 2.14 bits per heavy atom. The van der Waals surface area contributed by atoms with E-state index in [1.54, 1.807) is 15.9 Å². The predicted octanol–water partition coefficient (Wildman–Crippen LogP) is 1.61. The van der Waals surface area contributed by atoms with Crippen molar-refractivity contribution < 1.29 is 8.42 Å². The zero-order valence-corrected chi connectivity index (χ0v) is 17.7. The Morgan fingerprint density at radius 1 is 0.966 bits per heavy atom. The largest absolute Gasteiger partial charge is 0.352 e. The maximum Gasteiger partial charge on any atom is 0.246 e. The van der Waals surface area contributed by atoms with E-state index in [0.29, 0.717) is 49.0 Å². The first-order valence-corrected chi connectivity index (χ1v) is 11.1. The second-order valence-electron chi connectivity index (χ2n) is 7.05. The zero-order valence-electron chi connectivity index (χ0n) is 16.9. The van der Waals surface area contributed by atoms with E-state index in [1.165, 1.54) is 0 Å². The lowest BCUT2D eigenvalue weighted by atomic mass is 10.3. The van der Waals surface area contributed by atoms with E-state index in [4.69, 9.17) is 0 Å². The van der Waals surface area contributed by atoms with E-state index in [-0.39, 0.29) is 0 Å². The molecule has 0 bridgehead atoms. The van der Waals surface area contributed by atoms with Crippen molar-refractivity contribution in [1.82, 2.24) is 28.9 Å². The van der Waals surface area contributed by atoms with Crippen molar-refractivity contribution in [3.05, 3.63) is 48.0 Å². The minimum absolute atomic E-state index is 0.337. The Kier molecular flexibility index (Phi) is 5.13. The van der Waals surface area contributed by atoms with Crippen LogP contribution in [0.2, 0.25) is 0 Å². The Balaban J connectivity index is 1.47. The molecule has 1 saturated heterocycles. The first kappa shape index (κ1) is 19.6. The van der Waals surface area contributed by atoms with Crippen molar-refractivity contribution in [3.8, 4) is 5.82 Å². The van der Waals surface area contributed by atoms with E-state index in [0.717, 1.165) is 11.6 Å². The third-order valence-electron chi connectivity index (χ3n) is 5.28. The van der Waals surface area contributed by atoms with Gasteiger partial charge in [0.1, 0.15) is 4.90 Å². The molecule has 4 rings (SSSR count). The molecule has 0 aromatic carbocycles. The van der Waals surface area contributed by atoms with Crippen LogP contribution in [0.15, 0.2) is 41.6 Å². The Bertz CT molecular complexity index is 1080. The van der Waals surface area contributed by atoms with Gasteiger partial charge in [0.15, 0.2) is 11.6 Å². The van der Waals surface area contributed by atoms with Gasteiger partial charge in [-0.15, -0.1) is 10.2 Å². The molecule has 0 aliphatic carbocycles. The van der Waals surface area contributed by atoms with E-state index in [9.17, 15) is 8.42 Å². The van der Waals surface area contributed by atoms with E-state index in [1.807, 2.05) is 55.1 Å². The summed E-state index contributed by atoms with van der Waals surface area (Å²) in [5, 5.41) is 13.0. The predicted molar refractivity (Wildman–Crippen MR) is 110 cm³/mol. The van der Waals surface area contributed by atoms with Crippen molar-refractivity contribution in [2.24, 2.45) is 0 Å². The van der Waals surface area contributed by atoms with Crippen LogP contribution in [0.25, 0.3) is 5.82 Å².